The predicted octanol–water partition coefficient (Wildman–Crippen LogP) is 0.907. The van der Waals surface area contributed by atoms with Gasteiger partial charge in [0.05, 0.1) is 17.6 Å². The lowest BCUT2D eigenvalue weighted by Crippen LogP contribution is -2.35. The third kappa shape index (κ3) is 5.37. The van der Waals surface area contributed by atoms with Gasteiger partial charge in [0.25, 0.3) is 0 Å². The first kappa shape index (κ1) is 18.1. The molecule has 2 N–H and O–H groups in total. The van der Waals surface area contributed by atoms with Crippen LogP contribution in [0.25, 0.3) is 0 Å². The van der Waals surface area contributed by atoms with E-state index in [1.807, 2.05) is 20.0 Å². The molecule has 0 heterocycles. The Morgan fingerprint density at radius 3 is 2.57 bits per heavy atom. The van der Waals surface area contributed by atoms with E-state index in [4.69, 9.17) is 9.47 Å². The molecule has 0 aliphatic carbocycles. The topological polar surface area (TPSA) is 76.7 Å². The maximum Gasteiger partial charge on any atom is 0.240 e. The number of hydrogen-bond donors (Lipinski definition) is 2. The summed E-state index contributed by atoms with van der Waals surface area (Å²) in [4.78, 5) is 0.245. The summed E-state index contributed by atoms with van der Waals surface area (Å²) in [7, 11) is 1.34. The number of ether oxygens (including phenoxy) is 2. The van der Waals surface area contributed by atoms with Gasteiger partial charge in [-0.15, -0.1) is 0 Å². The molecule has 6 nitrogen and oxygen atoms in total. The van der Waals surface area contributed by atoms with Crippen molar-refractivity contribution in [3.8, 4) is 0 Å². The summed E-state index contributed by atoms with van der Waals surface area (Å²) < 4.78 is 37.2. The molecule has 0 spiro atoms. The highest BCUT2D eigenvalue weighted by Crippen LogP contribution is 2.17. The molecule has 0 fully saturated rings. The molecule has 0 aromatic heterocycles. The zero-order chi connectivity index (χ0) is 15.9. The van der Waals surface area contributed by atoms with Crippen molar-refractivity contribution < 1.29 is 17.9 Å². The highest BCUT2D eigenvalue weighted by molar-refractivity contribution is 7.89. The summed E-state index contributed by atoms with van der Waals surface area (Å²) in [6.07, 6.45) is -0.316. The first-order valence-corrected chi connectivity index (χ1v) is 8.21. The van der Waals surface area contributed by atoms with Crippen molar-refractivity contribution in [3.05, 3.63) is 29.8 Å². The van der Waals surface area contributed by atoms with Crippen LogP contribution in [0.4, 0.5) is 0 Å². The van der Waals surface area contributed by atoms with Gasteiger partial charge in [-0.2, -0.15) is 0 Å². The van der Waals surface area contributed by atoms with Crippen molar-refractivity contribution in [1.29, 1.82) is 0 Å². The van der Waals surface area contributed by atoms with Crippen molar-refractivity contribution in [1.82, 2.24) is 10.0 Å². The van der Waals surface area contributed by atoms with E-state index in [1.54, 1.807) is 25.3 Å². The van der Waals surface area contributed by atoms with Crippen LogP contribution in [0.2, 0.25) is 0 Å². The van der Waals surface area contributed by atoms with Gasteiger partial charge in [0, 0.05) is 26.8 Å². The Hall–Kier alpha value is -0.990. The predicted molar refractivity (Wildman–Crippen MR) is 81.8 cm³/mol. The monoisotopic (exact) mass is 316 g/mol. The fraction of sp³-hybridized carbons (Fsp3) is 0.571. The fourth-order valence-corrected chi connectivity index (χ4v) is 2.92. The lowest BCUT2D eigenvalue weighted by atomic mass is 10.1. The quantitative estimate of drug-likeness (QED) is 0.708. The average molecular weight is 316 g/mol. The lowest BCUT2D eigenvalue weighted by Gasteiger charge is -2.16. The minimum Gasteiger partial charge on any atom is -0.382 e. The SMILES string of the molecule is CNC(C)c1cccc(S(=O)(=O)NCC(COC)OC)c1. The molecule has 0 radical (unpaired) electrons. The molecular weight excluding hydrogens is 292 g/mol. The van der Waals surface area contributed by atoms with Gasteiger partial charge in [-0.3, -0.25) is 0 Å². The Balaban J connectivity index is 2.83. The number of hydrogen-bond acceptors (Lipinski definition) is 5. The van der Waals surface area contributed by atoms with Crippen molar-refractivity contribution in [3.63, 3.8) is 0 Å². The highest BCUT2D eigenvalue weighted by atomic mass is 32.2. The molecule has 0 saturated carbocycles. The summed E-state index contributed by atoms with van der Waals surface area (Å²) in [6.45, 7) is 2.47. The first-order valence-electron chi connectivity index (χ1n) is 6.73. The Kier molecular flexibility index (Phi) is 7.27. The van der Waals surface area contributed by atoms with E-state index in [0.717, 1.165) is 5.56 Å². The van der Waals surface area contributed by atoms with Gasteiger partial charge < -0.3 is 14.8 Å². The summed E-state index contributed by atoms with van der Waals surface area (Å²) in [6, 6.07) is 6.96. The number of rotatable bonds is 9. The molecule has 1 aromatic carbocycles. The Bertz CT molecular complexity index is 534. The number of sulfonamides is 1. The third-order valence-electron chi connectivity index (χ3n) is 3.29. The van der Waals surface area contributed by atoms with Crippen molar-refractivity contribution in [2.75, 3.05) is 34.4 Å². The fourth-order valence-electron chi connectivity index (χ4n) is 1.80. The van der Waals surface area contributed by atoms with Crippen LogP contribution in [-0.4, -0.2) is 48.9 Å². The van der Waals surface area contributed by atoms with Gasteiger partial charge in [0.1, 0.15) is 0 Å². The lowest BCUT2D eigenvalue weighted by molar-refractivity contribution is 0.0320. The molecule has 7 heteroatoms. The highest BCUT2D eigenvalue weighted by Gasteiger charge is 2.17. The summed E-state index contributed by atoms with van der Waals surface area (Å²) >= 11 is 0. The van der Waals surface area contributed by atoms with Gasteiger partial charge in [-0.05, 0) is 31.7 Å². The molecule has 0 aliphatic rings. The first-order chi connectivity index (χ1) is 9.94. The number of nitrogens with one attached hydrogen (secondary N) is 2. The molecule has 120 valence electrons. The van der Waals surface area contributed by atoms with E-state index in [2.05, 4.69) is 10.0 Å². The van der Waals surface area contributed by atoms with Gasteiger partial charge in [-0.25, -0.2) is 13.1 Å². The summed E-state index contributed by atoms with van der Waals surface area (Å²) in [5.74, 6) is 0. The summed E-state index contributed by atoms with van der Waals surface area (Å²) in [5, 5.41) is 3.08. The van der Waals surface area contributed by atoms with Crippen LogP contribution < -0.4 is 10.0 Å². The van der Waals surface area contributed by atoms with Crippen LogP contribution in [0.5, 0.6) is 0 Å². The van der Waals surface area contributed by atoms with E-state index in [9.17, 15) is 8.42 Å². The van der Waals surface area contributed by atoms with E-state index >= 15 is 0 Å². The zero-order valence-electron chi connectivity index (χ0n) is 12.9. The molecule has 21 heavy (non-hydrogen) atoms. The van der Waals surface area contributed by atoms with Crippen molar-refractivity contribution in [2.24, 2.45) is 0 Å². The van der Waals surface area contributed by atoms with Crippen LogP contribution >= 0.6 is 0 Å². The second kappa shape index (κ2) is 8.45. The molecule has 0 saturated heterocycles. The Morgan fingerprint density at radius 1 is 1.29 bits per heavy atom. The van der Waals surface area contributed by atoms with Crippen LogP contribution in [0.1, 0.15) is 18.5 Å². The van der Waals surface area contributed by atoms with Crippen molar-refractivity contribution in [2.45, 2.75) is 24.0 Å². The van der Waals surface area contributed by atoms with Crippen LogP contribution in [0, 0.1) is 0 Å². The number of methoxy groups -OCH3 is 2. The molecule has 1 aromatic rings. The van der Waals surface area contributed by atoms with Crippen LogP contribution in [-0.2, 0) is 19.5 Å². The van der Waals surface area contributed by atoms with Gasteiger partial charge in [-0.1, -0.05) is 12.1 Å². The third-order valence-corrected chi connectivity index (χ3v) is 4.71. The molecule has 2 unspecified atom stereocenters. The van der Waals surface area contributed by atoms with Crippen LogP contribution in [0.3, 0.4) is 0 Å². The maximum absolute atomic E-state index is 12.3. The molecule has 0 amide bonds. The van der Waals surface area contributed by atoms with E-state index in [1.165, 1.54) is 7.11 Å². The van der Waals surface area contributed by atoms with E-state index in [-0.39, 0.29) is 23.6 Å². The zero-order valence-corrected chi connectivity index (χ0v) is 13.7. The minimum absolute atomic E-state index is 0.0837. The minimum atomic E-state index is -3.56. The second-order valence-electron chi connectivity index (χ2n) is 4.75. The Morgan fingerprint density at radius 2 is 2.00 bits per heavy atom. The number of benzene rings is 1. The smallest absolute Gasteiger partial charge is 0.240 e. The maximum atomic E-state index is 12.3. The second-order valence-corrected chi connectivity index (χ2v) is 6.51. The molecule has 0 aliphatic heterocycles. The molecule has 0 bridgehead atoms. The average Bonchev–Trinajstić information content (AvgIpc) is 2.50. The molecular formula is C14H24N2O4S. The van der Waals surface area contributed by atoms with Gasteiger partial charge in [0.2, 0.25) is 10.0 Å². The normalized spacial score (nSPS) is 14.9. The van der Waals surface area contributed by atoms with E-state index in [0.29, 0.717) is 6.61 Å². The largest absolute Gasteiger partial charge is 0.382 e. The standard InChI is InChI=1S/C14H24N2O4S/c1-11(15-2)12-6-5-7-14(8-12)21(17,18)16-9-13(20-4)10-19-3/h5-8,11,13,15-16H,9-10H2,1-4H3. The molecule has 2 atom stereocenters. The Labute approximate surface area is 126 Å². The van der Waals surface area contributed by atoms with Crippen molar-refractivity contribution >= 4 is 10.0 Å². The summed E-state index contributed by atoms with van der Waals surface area (Å²) in [5.41, 5.74) is 0.917. The van der Waals surface area contributed by atoms with Crippen LogP contribution in [0.15, 0.2) is 29.2 Å². The molecule has 1 rings (SSSR count). The van der Waals surface area contributed by atoms with Gasteiger partial charge >= 0.3 is 0 Å². The van der Waals surface area contributed by atoms with Gasteiger partial charge in [0.15, 0.2) is 0 Å². The van der Waals surface area contributed by atoms with E-state index < -0.39 is 10.0 Å².